The Morgan fingerprint density at radius 2 is 1.49 bits per heavy atom. The fourth-order valence-electron chi connectivity index (χ4n) is 10.5. The molecule has 5 heteroatoms. The Morgan fingerprint density at radius 1 is 0.800 bits per heavy atom. The summed E-state index contributed by atoms with van der Waals surface area (Å²) in [6.07, 6.45) is 6.98. The fourth-order valence-corrected chi connectivity index (χ4v) is 10.5. The summed E-state index contributed by atoms with van der Waals surface area (Å²) < 4.78 is 12.6. The van der Waals surface area contributed by atoms with E-state index in [0.29, 0.717) is 31.5 Å². The van der Waals surface area contributed by atoms with Crippen molar-refractivity contribution in [3.8, 4) is 0 Å². The average molecular weight is 487 g/mol. The van der Waals surface area contributed by atoms with Gasteiger partial charge in [-0.2, -0.15) is 0 Å². The van der Waals surface area contributed by atoms with E-state index in [1.807, 2.05) is 13.8 Å². The van der Waals surface area contributed by atoms with Gasteiger partial charge in [0.15, 0.2) is 0 Å². The van der Waals surface area contributed by atoms with Gasteiger partial charge in [0.05, 0.1) is 17.1 Å². The predicted molar refractivity (Wildman–Crippen MR) is 134 cm³/mol. The highest BCUT2D eigenvalue weighted by Gasteiger charge is 2.73. The number of fused-ring (bicyclic) bond motifs is 5. The van der Waals surface area contributed by atoms with E-state index in [9.17, 15) is 14.4 Å². The summed E-state index contributed by atoms with van der Waals surface area (Å²) in [7, 11) is 0. The van der Waals surface area contributed by atoms with E-state index < -0.39 is 11.0 Å². The minimum absolute atomic E-state index is 0.0653. The molecule has 0 radical (unpaired) electrons. The van der Waals surface area contributed by atoms with Gasteiger partial charge in [0.1, 0.15) is 17.2 Å². The molecule has 35 heavy (non-hydrogen) atoms. The van der Waals surface area contributed by atoms with Crippen molar-refractivity contribution in [2.45, 2.75) is 130 Å². The Balaban J connectivity index is 1.57. The number of ether oxygens (including phenoxy) is 2. The van der Waals surface area contributed by atoms with Crippen LogP contribution >= 0.6 is 0 Å². The van der Waals surface area contributed by atoms with Crippen LogP contribution in [0.4, 0.5) is 0 Å². The molecule has 5 nitrogen and oxygen atoms in total. The molecule has 0 bridgehead atoms. The molecule has 3 aliphatic carbocycles. The first-order valence-corrected chi connectivity index (χ1v) is 14.0. The molecule has 0 unspecified atom stereocenters. The highest BCUT2D eigenvalue weighted by atomic mass is 16.6. The zero-order valence-electron chi connectivity index (χ0n) is 23.2. The van der Waals surface area contributed by atoms with Gasteiger partial charge in [0, 0.05) is 25.2 Å². The maximum absolute atomic E-state index is 14.2. The van der Waals surface area contributed by atoms with Crippen molar-refractivity contribution in [3.63, 3.8) is 0 Å². The number of carbonyl (C=O) groups is 3. The van der Waals surface area contributed by atoms with Crippen molar-refractivity contribution in [3.05, 3.63) is 0 Å². The molecular formula is C30H46O5. The number of Topliss-reactive ketones (excluding diaryl/α,β-unsaturated/α-hetero) is 2. The van der Waals surface area contributed by atoms with Gasteiger partial charge in [-0.15, -0.1) is 0 Å². The molecule has 0 spiro atoms. The van der Waals surface area contributed by atoms with Crippen LogP contribution in [0, 0.1) is 39.9 Å². The van der Waals surface area contributed by atoms with Gasteiger partial charge in [-0.3, -0.25) is 14.4 Å². The van der Waals surface area contributed by atoms with Gasteiger partial charge in [0.25, 0.3) is 0 Å². The number of rotatable bonds is 1. The van der Waals surface area contributed by atoms with E-state index >= 15 is 0 Å². The molecule has 5 aliphatic rings. The molecule has 2 aliphatic heterocycles. The standard InChI is InChI=1S/C30H46O5/c1-25(2)12-9-13-30(8,35-25)18-10-15-28(6)23(18)19(31)16-21-27(5)14-11-22(33)34-26(3,4)24(27)20(32)17-29(21,28)7/h18,21,23-24H,9-17H2,1-8H3/t18-,21+,23-,24-,27+,28+,29+,30+/m0/s1. The van der Waals surface area contributed by atoms with Crippen molar-refractivity contribution < 1.29 is 23.9 Å². The third kappa shape index (κ3) is 3.38. The first-order valence-electron chi connectivity index (χ1n) is 14.0. The second-order valence-corrected chi connectivity index (χ2v) is 14.9. The van der Waals surface area contributed by atoms with Crippen LogP contribution in [0.25, 0.3) is 0 Å². The summed E-state index contributed by atoms with van der Waals surface area (Å²) >= 11 is 0. The van der Waals surface area contributed by atoms with Crippen LogP contribution in [-0.2, 0) is 23.9 Å². The quantitative estimate of drug-likeness (QED) is 0.421. The van der Waals surface area contributed by atoms with Crippen molar-refractivity contribution in [1.29, 1.82) is 0 Å². The number of esters is 1. The van der Waals surface area contributed by atoms with Crippen LogP contribution in [0.3, 0.4) is 0 Å². The topological polar surface area (TPSA) is 69.7 Å². The molecule has 5 rings (SSSR count). The smallest absolute Gasteiger partial charge is 0.306 e. The van der Waals surface area contributed by atoms with E-state index in [-0.39, 0.29) is 57.5 Å². The third-order valence-corrected chi connectivity index (χ3v) is 11.9. The summed E-state index contributed by atoms with van der Waals surface area (Å²) in [6, 6.07) is 0. The van der Waals surface area contributed by atoms with Crippen molar-refractivity contribution in [2.24, 2.45) is 39.9 Å². The van der Waals surface area contributed by atoms with Crippen LogP contribution in [0.5, 0.6) is 0 Å². The number of hydrogen-bond donors (Lipinski definition) is 0. The fraction of sp³-hybridized carbons (Fsp3) is 0.900. The lowest BCUT2D eigenvalue weighted by atomic mass is 9.37. The zero-order valence-corrected chi connectivity index (χ0v) is 23.2. The monoisotopic (exact) mass is 486 g/mol. The Morgan fingerprint density at radius 3 is 2.14 bits per heavy atom. The second kappa shape index (κ2) is 7.42. The average Bonchev–Trinajstić information content (AvgIpc) is 3.03. The Hall–Kier alpha value is -1.23. The highest BCUT2D eigenvalue weighted by molar-refractivity contribution is 5.89. The largest absolute Gasteiger partial charge is 0.459 e. The van der Waals surface area contributed by atoms with Gasteiger partial charge in [-0.1, -0.05) is 20.8 Å². The van der Waals surface area contributed by atoms with Gasteiger partial charge in [-0.25, -0.2) is 0 Å². The maximum atomic E-state index is 14.2. The molecule has 0 amide bonds. The SMILES string of the molecule is CC1(C)CCC[C@](C)([C@H]2CC[C@]3(C)[C@@H]2C(=O)C[C@@H]2[C@@]4(C)CCC(=O)OC(C)(C)[C@@H]4C(=O)C[C@]23C)O1. The van der Waals surface area contributed by atoms with Gasteiger partial charge in [0.2, 0.25) is 0 Å². The van der Waals surface area contributed by atoms with E-state index in [1.165, 1.54) is 0 Å². The summed E-state index contributed by atoms with van der Waals surface area (Å²) in [5.74, 6) is 0.150. The van der Waals surface area contributed by atoms with E-state index in [4.69, 9.17) is 9.47 Å². The number of carbonyl (C=O) groups excluding carboxylic acids is 3. The molecule has 0 aromatic heterocycles. The molecule has 0 aromatic rings. The normalized spacial score (nSPS) is 51.0. The van der Waals surface area contributed by atoms with Crippen molar-refractivity contribution in [1.82, 2.24) is 0 Å². The molecule has 8 atom stereocenters. The molecule has 0 N–H and O–H groups in total. The van der Waals surface area contributed by atoms with Crippen LogP contribution in [0.1, 0.15) is 113 Å². The summed E-state index contributed by atoms with van der Waals surface area (Å²) in [5, 5.41) is 0. The van der Waals surface area contributed by atoms with Crippen molar-refractivity contribution in [2.75, 3.05) is 0 Å². The predicted octanol–water partition coefficient (Wildman–Crippen LogP) is 6.06. The Bertz CT molecular complexity index is 966. The van der Waals surface area contributed by atoms with E-state index in [0.717, 1.165) is 32.1 Å². The minimum atomic E-state index is -0.852. The lowest BCUT2D eigenvalue weighted by Crippen LogP contribution is -2.67. The number of cyclic esters (lactones) is 1. The molecule has 2 saturated heterocycles. The molecular weight excluding hydrogens is 440 g/mol. The van der Waals surface area contributed by atoms with Gasteiger partial charge < -0.3 is 9.47 Å². The van der Waals surface area contributed by atoms with Crippen LogP contribution < -0.4 is 0 Å². The van der Waals surface area contributed by atoms with Crippen LogP contribution in [-0.4, -0.2) is 34.3 Å². The van der Waals surface area contributed by atoms with E-state index in [2.05, 4.69) is 41.5 Å². The number of hydrogen-bond acceptors (Lipinski definition) is 5. The zero-order chi connectivity index (χ0) is 25.8. The van der Waals surface area contributed by atoms with Crippen LogP contribution in [0.15, 0.2) is 0 Å². The summed E-state index contributed by atoms with van der Waals surface area (Å²) in [6.45, 7) is 17.2. The Labute approximate surface area is 211 Å². The lowest BCUT2D eigenvalue weighted by molar-refractivity contribution is -0.219. The second-order valence-electron chi connectivity index (χ2n) is 14.9. The minimum Gasteiger partial charge on any atom is -0.459 e. The lowest BCUT2D eigenvalue weighted by Gasteiger charge is -2.66. The van der Waals surface area contributed by atoms with Gasteiger partial charge in [-0.05, 0) is 101 Å². The first kappa shape index (κ1) is 25.4. The first-order chi connectivity index (χ1) is 16.0. The van der Waals surface area contributed by atoms with E-state index in [1.54, 1.807) is 0 Å². The molecule has 196 valence electrons. The van der Waals surface area contributed by atoms with Crippen molar-refractivity contribution >= 4 is 17.5 Å². The maximum Gasteiger partial charge on any atom is 0.306 e. The molecule has 3 saturated carbocycles. The molecule has 0 aromatic carbocycles. The van der Waals surface area contributed by atoms with Crippen LogP contribution in [0.2, 0.25) is 0 Å². The molecule has 2 heterocycles. The van der Waals surface area contributed by atoms with Gasteiger partial charge >= 0.3 is 5.97 Å². The Kier molecular flexibility index (Phi) is 5.39. The summed E-state index contributed by atoms with van der Waals surface area (Å²) in [4.78, 5) is 40.7. The summed E-state index contributed by atoms with van der Waals surface area (Å²) in [5.41, 5.74) is -2.30. The third-order valence-electron chi connectivity index (χ3n) is 11.9. The highest BCUT2D eigenvalue weighted by Crippen LogP contribution is 2.73. The molecule has 5 fully saturated rings. The number of ketones is 2.